The summed E-state index contributed by atoms with van der Waals surface area (Å²) in [6.45, 7) is 1.93. The quantitative estimate of drug-likeness (QED) is 0.828. The van der Waals surface area contributed by atoms with Gasteiger partial charge in [0.25, 0.3) is 5.91 Å². The van der Waals surface area contributed by atoms with Gasteiger partial charge in [0.2, 0.25) is 0 Å². The minimum absolute atomic E-state index is 0.0104. The van der Waals surface area contributed by atoms with Gasteiger partial charge in [-0.25, -0.2) is 8.78 Å². The number of hydrogen-bond donors (Lipinski definition) is 2. The number of nitrogen functional groups attached to an aromatic ring is 1. The van der Waals surface area contributed by atoms with Gasteiger partial charge in [-0.2, -0.15) is 0 Å². The zero-order chi connectivity index (χ0) is 14.0. The zero-order valence-electron chi connectivity index (χ0n) is 10.9. The van der Waals surface area contributed by atoms with Crippen LogP contribution in [0.5, 0.6) is 0 Å². The second-order valence-electron chi connectivity index (χ2n) is 5.16. The molecule has 1 saturated carbocycles. The van der Waals surface area contributed by atoms with Crippen LogP contribution >= 0.6 is 0 Å². The molecule has 104 valence electrons. The second kappa shape index (κ2) is 5.55. The molecule has 0 spiro atoms. The van der Waals surface area contributed by atoms with Gasteiger partial charge in [-0.15, -0.1) is 0 Å². The highest BCUT2D eigenvalue weighted by Gasteiger charge is 2.24. The number of nitrogens with one attached hydrogen (secondary N) is 1. The molecule has 1 aromatic carbocycles. The molecule has 0 saturated heterocycles. The summed E-state index contributed by atoms with van der Waals surface area (Å²) in [7, 11) is 0. The number of halogens is 2. The third-order valence-corrected chi connectivity index (χ3v) is 3.80. The average molecular weight is 268 g/mol. The Morgan fingerprint density at radius 3 is 2.53 bits per heavy atom. The lowest BCUT2D eigenvalue weighted by Gasteiger charge is -2.20. The Hall–Kier alpha value is -1.65. The molecular formula is C14H18F2N2O. The van der Waals surface area contributed by atoms with E-state index in [1.54, 1.807) is 0 Å². The van der Waals surface area contributed by atoms with Crippen molar-refractivity contribution in [1.82, 2.24) is 5.32 Å². The predicted octanol–water partition coefficient (Wildman–Crippen LogP) is 2.86. The van der Waals surface area contributed by atoms with E-state index >= 15 is 0 Å². The average Bonchev–Trinajstić information content (AvgIpc) is 2.87. The SMILES string of the molecule is CC(NC(=O)c1cc(F)c(F)cc1N)C1CCCC1. The summed E-state index contributed by atoms with van der Waals surface area (Å²) < 4.78 is 26.1. The third-order valence-electron chi connectivity index (χ3n) is 3.80. The van der Waals surface area contributed by atoms with E-state index in [0.29, 0.717) is 5.92 Å². The monoisotopic (exact) mass is 268 g/mol. The molecule has 0 bridgehead atoms. The van der Waals surface area contributed by atoms with E-state index in [-0.39, 0.29) is 17.3 Å². The Morgan fingerprint density at radius 2 is 1.89 bits per heavy atom. The van der Waals surface area contributed by atoms with E-state index in [1.807, 2.05) is 6.92 Å². The highest BCUT2D eigenvalue weighted by atomic mass is 19.2. The predicted molar refractivity (Wildman–Crippen MR) is 69.7 cm³/mol. The molecule has 1 aliphatic rings. The summed E-state index contributed by atoms with van der Waals surface area (Å²) in [4.78, 5) is 12.0. The van der Waals surface area contributed by atoms with E-state index in [1.165, 1.54) is 12.8 Å². The number of nitrogens with two attached hydrogens (primary N) is 1. The van der Waals surface area contributed by atoms with E-state index < -0.39 is 17.5 Å². The van der Waals surface area contributed by atoms with E-state index in [4.69, 9.17) is 5.73 Å². The molecule has 1 aliphatic carbocycles. The van der Waals surface area contributed by atoms with Crippen LogP contribution in [-0.4, -0.2) is 11.9 Å². The molecule has 1 unspecified atom stereocenters. The van der Waals surface area contributed by atoms with Crippen LogP contribution in [0.2, 0.25) is 0 Å². The van der Waals surface area contributed by atoms with Gasteiger partial charge in [-0.1, -0.05) is 12.8 Å². The number of rotatable bonds is 3. The lowest BCUT2D eigenvalue weighted by molar-refractivity contribution is 0.0927. The minimum Gasteiger partial charge on any atom is -0.398 e. The third kappa shape index (κ3) is 3.03. The van der Waals surface area contributed by atoms with Crippen molar-refractivity contribution in [2.45, 2.75) is 38.6 Å². The minimum atomic E-state index is -1.06. The fraction of sp³-hybridized carbons (Fsp3) is 0.500. The molecule has 1 amide bonds. The Bertz CT molecular complexity index is 485. The van der Waals surface area contributed by atoms with Crippen LogP contribution in [0.4, 0.5) is 14.5 Å². The van der Waals surface area contributed by atoms with Gasteiger partial charge >= 0.3 is 0 Å². The number of amides is 1. The summed E-state index contributed by atoms with van der Waals surface area (Å²) in [5.74, 6) is -2.10. The lowest BCUT2D eigenvalue weighted by Crippen LogP contribution is -2.37. The molecule has 3 nitrogen and oxygen atoms in total. The molecule has 19 heavy (non-hydrogen) atoms. The van der Waals surface area contributed by atoms with Gasteiger partial charge < -0.3 is 11.1 Å². The molecule has 3 N–H and O–H groups in total. The van der Waals surface area contributed by atoms with Crippen molar-refractivity contribution < 1.29 is 13.6 Å². The van der Waals surface area contributed by atoms with Crippen LogP contribution in [0, 0.1) is 17.6 Å². The van der Waals surface area contributed by atoms with Crippen LogP contribution in [0.15, 0.2) is 12.1 Å². The highest BCUT2D eigenvalue weighted by Crippen LogP contribution is 2.28. The molecule has 0 aromatic heterocycles. The van der Waals surface area contributed by atoms with Gasteiger partial charge in [0, 0.05) is 17.8 Å². The van der Waals surface area contributed by atoms with Crippen LogP contribution in [0.3, 0.4) is 0 Å². The standard InChI is InChI=1S/C14H18F2N2O/c1-8(9-4-2-3-5-9)18-14(19)10-6-11(15)12(16)7-13(10)17/h6-9H,2-5,17H2,1H3,(H,18,19). The summed E-state index contributed by atoms with van der Waals surface area (Å²) in [5, 5.41) is 2.82. The molecule has 0 radical (unpaired) electrons. The second-order valence-corrected chi connectivity index (χ2v) is 5.16. The van der Waals surface area contributed by atoms with Gasteiger partial charge in [0.05, 0.1) is 5.56 Å². The van der Waals surface area contributed by atoms with Crippen LogP contribution < -0.4 is 11.1 Å². The van der Waals surface area contributed by atoms with Gasteiger partial charge in [-0.05, 0) is 31.7 Å². The Labute approximate surface area is 111 Å². The molecule has 5 heteroatoms. The first kappa shape index (κ1) is 13.8. The maximum absolute atomic E-state index is 13.1. The lowest BCUT2D eigenvalue weighted by atomic mass is 9.99. The van der Waals surface area contributed by atoms with Crippen molar-refractivity contribution in [3.05, 3.63) is 29.3 Å². The number of carbonyl (C=O) groups is 1. The van der Waals surface area contributed by atoms with E-state index in [0.717, 1.165) is 25.0 Å². The molecule has 1 fully saturated rings. The number of hydrogen-bond acceptors (Lipinski definition) is 2. The normalized spacial score (nSPS) is 17.4. The van der Waals surface area contributed by atoms with Crippen molar-refractivity contribution in [3.8, 4) is 0 Å². The Balaban J connectivity index is 2.09. The summed E-state index contributed by atoms with van der Waals surface area (Å²) in [6, 6.07) is 1.70. The van der Waals surface area contributed by atoms with Gasteiger partial charge in [0.15, 0.2) is 11.6 Å². The molecular weight excluding hydrogens is 250 g/mol. The summed E-state index contributed by atoms with van der Waals surface area (Å²) in [6.07, 6.45) is 4.54. The molecule has 1 atom stereocenters. The summed E-state index contributed by atoms with van der Waals surface area (Å²) in [5.41, 5.74) is 5.50. The van der Waals surface area contributed by atoms with Crippen LogP contribution in [0.25, 0.3) is 0 Å². The maximum atomic E-state index is 13.1. The Kier molecular flexibility index (Phi) is 4.02. The van der Waals surface area contributed by atoms with Gasteiger partial charge in [-0.3, -0.25) is 4.79 Å². The van der Waals surface area contributed by atoms with E-state index in [2.05, 4.69) is 5.32 Å². The van der Waals surface area contributed by atoms with Crippen LogP contribution in [-0.2, 0) is 0 Å². The van der Waals surface area contributed by atoms with Crippen molar-refractivity contribution in [2.75, 3.05) is 5.73 Å². The topological polar surface area (TPSA) is 55.1 Å². The molecule has 1 aromatic rings. The first-order valence-electron chi connectivity index (χ1n) is 6.54. The zero-order valence-corrected chi connectivity index (χ0v) is 10.9. The first-order chi connectivity index (χ1) is 8.99. The highest BCUT2D eigenvalue weighted by molar-refractivity contribution is 5.99. The van der Waals surface area contributed by atoms with Crippen molar-refractivity contribution >= 4 is 11.6 Å². The smallest absolute Gasteiger partial charge is 0.253 e. The number of carbonyl (C=O) groups excluding carboxylic acids is 1. The fourth-order valence-corrected chi connectivity index (χ4v) is 2.62. The molecule has 0 aliphatic heterocycles. The molecule has 0 heterocycles. The fourth-order valence-electron chi connectivity index (χ4n) is 2.62. The number of anilines is 1. The first-order valence-corrected chi connectivity index (χ1v) is 6.54. The molecule has 2 rings (SSSR count). The maximum Gasteiger partial charge on any atom is 0.253 e. The van der Waals surface area contributed by atoms with Crippen molar-refractivity contribution in [2.24, 2.45) is 5.92 Å². The largest absolute Gasteiger partial charge is 0.398 e. The van der Waals surface area contributed by atoms with Crippen LogP contribution in [0.1, 0.15) is 43.0 Å². The number of benzene rings is 1. The van der Waals surface area contributed by atoms with Crippen molar-refractivity contribution in [3.63, 3.8) is 0 Å². The Morgan fingerprint density at radius 1 is 1.32 bits per heavy atom. The summed E-state index contributed by atoms with van der Waals surface area (Å²) >= 11 is 0. The van der Waals surface area contributed by atoms with E-state index in [9.17, 15) is 13.6 Å². The van der Waals surface area contributed by atoms with Gasteiger partial charge in [0.1, 0.15) is 0 Å². The van der Waals surface area contributed by atoms with Crippen molar-refractivity contribution in [1.29, 1.82) is 0 Å².